The normalized spacial score (nSPS) is 26.4. The van der Waals surface area contributed by atoms with Gasteiger partial charge in [0, 0.05) is 6.54 Å². The van der Waals surface area contributed by atoms with Crippen molar-refractivity contribution in [1.29, 1.82) is 0 Å². The minimum absolute atomic E-state index is 0.886. The summed E-state index contributed by atoms with van der Waals surface area (Å²) in [7, 11) is 4.32. The average Bonchev–Trinajstić information content (AvgIpc) is 2.17. The van der Waals surface area contributed by atoms with Crippen LogP contribution >= 0.6 is 0 Å². The predicted octanol–water partition coefficient (Wildman–Crippen LogP) is 1.96. The van der Waals surface area contributed by atoms with Gasteiger partial charge in [-0.2, -0.15) is 0 Å². The molecule has 0 radical (unpaired) electrons. The number of piperidine rings is 1. The second kappa shape index (κ2) is 6.41. The van der Waals surface area contributed by atoms with E-state index in [4.69, 9.17) is 0 Å². The molecule has 0 aromatic rings. The maximum Gasteiger partial charge on any atom is 0.000672 e. The number of nitrogens with zero attached hydrogens (tertiary/aromatic N) is 1. The van der Waals surface area contributed by atoms with Gasteiger partial charge in [-0.25, -0.2) is 0 Å². The summed E-state index contributed by atoms with van der Waals surface area (Å²) in [5.74, 6) is 1.84. The molecule has 1 fully saturated rings. The largest absolute Gasteiger partial charge is 0.319 e. The molecule has 0 aromatic carbocycles. The molecule has 84 valence electrons. The Balaban J connectivity index is 2.26. The lowest BCUT2D eigenvalue weighted by Gasteiger charge is -2.31. The minimum atomic E-state index is 0.886. The molecule has 1 N–H and O–H groups in total. The van der Waals surface area contributed by atoms with Gasteiger partial charge in [0.25, 0.3) is 0 Å². The summed E-state index contributed by atoms with van der Waals surface area (Å²) in [4.78, 5) is 2.49. The Hall–Kier alpha value is -0.0800. The molecule has 2 unspecified atom stereocenters. The van der Waals surface area contributed by atoms with Crippen LogP contribution in [0.25, 0.3) is 0 Å². The lowest BCUT2D eigenvalue weighted by atomic mass is 9.87. The zero-order chi connectivity index (χ0) is 10.4. The Kier molecular flexibility index (Phi) is 5.49. The van der Waals surface area contributed by atoms with Crippen LogP contribution in [0, 0.1) is 11.8 Å². The van der Waals surface area contributed by atoms with Gasteiger partial charge in [0.05, 0.1) is 0 Å². The lowest BCUT2D eigenvalue weighted by Crippen LogP contribution is -2.34. The Labute approximate surface area is 89.1 Å². The van der Waals surface area contributed by atoms with E-state index in [-0.39, 0.29) is 0 Å². The maximum absolute atomic E-state index is 3.31. The molecule has 1 rings (SSSR count). The average molecular weight is 198 g/mol. The van der Waals surface area contributed by atoms with Crippen molar-refractivity contribution in [1.82, 2.24) is 10.2 Å². The monoisotopic (exact) mass is 198 g/mol. The third-order valence-corrected chi connectivity index (χ3v) is 3.46. The van der Waals surface area contributed by atoms with Crippen molar-refractivity contribution >= 4 is 0 Å². The smallest absolute Gasteiger partial charge is 0.000672 e. The van der Waals surface area contributed by atoms with E-state index in [9.17, 15) is 0 Å². The van der Waals surface area contributed by atoms with Gasteiger partial charge in [-0.3, -0.25) is 0 Å². The number of rotatable bonds is 5. The van der Waals surface area contributed by atoms with Crippen molar-refractivity contribution < 1.29 is 0 Å². The van der Waals surface area contributed by atoms with Crippen LogP contribution in [-0.4, -0.2) is 38.6 Å². The number of nitrogens with one attached hydrogen (secondary N) is 1. The molecule has 0 aromatic heterocycles. The summed E-state index contributed by atoms with van der Waals surface area (Å²) >= 11 is 0. The molecule has 1 aliphatic rings. The quantitative estimate of drug-likeness (QED) is 0.726. The summed E-state index contributed by atoms with van der Waals surface area (Å²) < 4.78 is 0. The number of likely N-dealkylation sites (tertiary alicyclic amines) is 1. The first-order chi connectivity index (χ1) is 6.76. The molecule has 0 saturated carbocycles. The van der Waals surface area contributed by atoms with Crippen LogP contribution in [0.5, 0.6) is 0 Å². The number of hydrogen-bond acceptors (Lipinski definition) is 2. The summed E-state index contributed by atoms with van der Waals surface area (Å²) in [5, 5.41) is 3.31. The van der Waals surface area contributed by atoms with E-state index in [1.807, 2.05) is 0 Å². The van der Waals surface area contributed by atoms with E-state index in [1.165, 1.54) is 45.3 Å². The first-order valence-corrected chi connectivity index (χ1v) is 6.09. The first kappa shape index (κ1) is 12.0. The first-order valence-electron chi connectivity index (χ1n) is 6.09. The van der Waals surface area contributed by atoms with E-state index in [0.29, 0.717) is 0 Å². The van der Waals surface area contributed by atoms with E-state index < -0.39 is 0 Å². The van der Waals surface area contributed by atoms with E-state index in [0.717, 1.165) is 11.8 Å². The molecule has 14 heavy (non-hydrogen) atoms. The van der Waals surface area contributed by atoms with Crippen molar-refractivity contribution in [3.63, 3.8) is 0 Å². The third-order valence-electron chi connectivity index (χ3n) is 3.46. The van der Waals surface area contributed by atoms with Crippen molar-refractivity contribution in [2.75, 3.05) is 33.7 Å². The highest BCUT2D eigenvalue weighted by Crippen LogP contribution is 2.23. The highest BCUT2D eigenvalue weighted by molar-refractivity contribution is 4.74. The molecule has 1 aliphatic heterocycles. The van der Waals surface area contributed by atoms with Crippen molar-refractivity contribution in [3.8, 4) is 0 Å². The minimum Gasteiger partial charge on any atom is -0.319 e. The van der Waals surface area contributed by atoms with Gasteiger partial charge in [-0.1, -0.05) is 13.3 Å². The summed E-state index contributed by atoms with van der Waals surface area (Å²) in [5.41, 5.74) is 0. The lowest BCUT2D eigenvalue weighted by molar-refractivity contribution is 0.182. The van der Waals surface area contributed by atoms with Gasteiger partial charge in [0.2, 0.25) is 0 Å². The van der Waals surface area contributed by atoms with Crippen molar-refractivity contribution in [2.24, 2.45) is 11.8 Å². The summed E-state index contributed by atoms with van der Waals surface area (Å²) in [6.45, 7) is 6.13. The molecular weight excluding hydrogens is 172 g/mol. The molecular formula is C12H26N2. The molecule has 1 saturated heterocycles. The Morgan fingerprint density at radius 3 is 2.86 bits per heavy atom. The SMILES string of the molecule is CCC(CNC)CC1CCCN(C)C1. The van der Waals surface area contributed by atoms with Crippen LogP contribution in [0.2, 0.25) is 0 Å². The fourth-order valence-corrected chi connectivity index (χ4v) is 2.62. The topological polar surface area (TPSA) is 15.3 Å². The predicted molar refractivity (Wildman–Crippen MR) is 62.5 cm³/mol. The van der Waals surface area contributed by atoms with Gasteiger partial charge in [-0.15, -0.1) is 0 Å². The van der Waals surface area contributed by atoms with Gasteiger partial charge >= 0.3 is 0 Å². The molecule has 2 nitrogen and oxygen atoms in total. The molecule has 2 atom stereocenters. The summed E-state index contributed by atoms with van der Waals surface area (Å²) in [6.07, 6.45) is 5.59. The van der Waals surface area contributed by atoms with Crippen molar-refractivity contribution in [3.05, 3.63) is 0 Å². The Bertz CT molecular complexity index is 147. The van der Waals surface area contributed by atoms with Crippen LogP contribution in [0.1, 0.15) is 32.6 Å². The van der Waals surface area contributed by atoms with E-state index in [1.54, 1.807) is 0 Å². The third kappa shape index (κ3) is 3.97. The van der Waals surface area contributed by atoms with Crippen LogP contribution in [-0.2, 0) is 0 Å². The second-order valence-corrected chi connectivity index (χ2v) is 4.84. The van der Waals surface area contributed by atoms with Gasteiger partial charge in [0.15, 0.2) is 0 Å². The van der Waals surface area contributed by atoms with Crippen LogP contribution in [0.3, 0.4) is 0 Å². The van der Waals surface area contributed by atoms with E-state index in [2.05, 4.69) is 31.2 Å². The van der Waals surface area contributed by atoms with Gasteiger partial charge in [-0.05, 0) is 58.3 Å². The van der Waals surface area contributed by atoms with Crippen LogP contribution in [0.4, 0.5) is 0 Å². The molecule has 2 heteroatoms. The fraction of sp³-hybridized carbons (Fsp3) is 1.00. The highest BCUT2D eigenvalue weighted by atomic mass is 15.1. The highest BCUT2D eigenvalue weighted by Gasteiger charge is 2.19. The standard InChI is InChI=1S/C12H26N2/c1-4-11(9-13-2)8-12-6-5-7-14(3)10-12/h11-13H,4-10H2,1-3H3. The fourth-order valence-electron chi connectivity index (χ4n) is 2.62. The van der Waals surface area contributed by atoms with Crippen LogP contribution in [0.15, 0.2) is 0 Å². The molecule has 0 spiro atoms. The molecule has 0 aliphatic carbocycles. The molecule has 1 heterocycles. The Morgan fingerprint density at radius 1 is 1.50 bits per heavy atom. The zero-order valence-electron chi connectivity index (χ0n) is 10.1. The Morgan fingerprint density at radius 2 is 2.29 bits per heavy atom. The summed E-state index contributed by atoms with van der Waals surface area (Å²) in [6, 6.07) is 0. The second-order valence-electron chi connectivity index (χ2n) is 4.84. The van der Waals surface area contributed by atoms with Crippen LogP contribution < -0.4 is 5.32 Å². The van der Waals surface area contributed by atoms with E-state index >= 15 is 0 Å². The van der Waals surface area contributed by atoms with Crippen molar-refractivity contribution in [2.45, 2.75) is 32.6 Å². The number of hydrogen-bond donors (Lipinski definition) is 1. The zero-order valence-corrected chi connectivity index (χ0v) is 10.1. The van der Waals surface area contributed by atoms with Gasteiger partial charge in [0.1, 0.15) is 0 Å². The molecule has 0 bridgehead atoms. The maximum atomic E-state index is 3.31. The molecule has 0 amide bonds. The van der Waals surface area contributed by atoms with Gasteiger partial charge < -0.3 is 10.2 Å².